The van der Waals surface area contributed by atoms with Gasteiger partial charge in [-0.1, -0.05) is 80.2 Å². The highest BCUT2D eigenvalue weighted by atomic mass is 79.9. The Hall–Kier alpha value is -1.80. The monoisotopic (exact) mass is 414 g/mol. The third-order valence-corrected chi connectivity index (χ3v) is 7.40. The fourth-order valence-corrected chi connectivity index (χ4v) is 5.56. The molecule has 0 spiro atoms. The highest BCUT2D eigenvalue weighted by molar-refractivity contribution is 9.10. The van der Waals surface area contributed by atoms with E-state index in [0.717, 1.165) is 11.8 Å². The normalized spacial score (nSPS) is 17.1. The van der Waals surface area contributed by atoms with Crippen LogP contribution in [0.25, 0.3) is 22.3 Å². The minimum atomic E-state index is 0.0275. The Morgan fingerprint density at radius 2 is 1.11 bits per heavy atom. The summed E-state index contributed by atoms with van der Waals surface area (Å²) in [6, 6.07) is 18.8. The molecule has 27 heavy (non-hydrogen) atoms. The van der Waals surface area contributed by atoms with Gasteiger partial charge in [-0.3, -0.25) is 0 Å². The zero-order valence-electron chi connectivity index (χ0n) is 16.7. The van der Waals surface area contributed by atoms with Gasteiger partial charge < -0.3 is 0 Å². The van der Waals surface area contributed by atoms with Crippen molar-refractivity contribution in [2.45, 2.75) is 45.3 Å². The molecule has 0 atom stereocenters. The molecule has 0 fully saturated rings. The second-order valence-corrected chi connectivity index (χ2v) is 10.0. The Labute approximate surface area is 171 Å². The van der Waals surface area contributed by atoms with Crippen molar-refractivity contribution in [2.75, 3.05) is 0 Å². The molecular weight excluding hydrogens is 391 g/mol. The van der Waals surface area contributed by atoms with Crippen LogP contribution in [-0.2, 0) is 10.8 Å². The van der Waals surface area contributed by atoms with Crippen LogP contribution in [0.2, 0.25) is 6.82 Å². The van der Waals surface area contributed by atoms with Gasteiger partial charge in [-0.2, -0.15) is 0 Å². The lowest BCUT2D eigenvalue weighted by molar-refractivity contribution is 0.652. The lowest BCUT2D eigenvalue weighted by Gasteiger charge is -2.24. The zero-order valence-corrected chi connectivity index (χ0v) is 18.3. The van der Waals surface area contributed by atoms with Crippen LogP contribution in [0.5, 0.6) is 0 Å². The molecule has 0 aromatic heterocycles. The Balaban J connectivity index is 1.81. The predicted octanol–water partition coefficient (Wildman–Crippen LogP) is 6.17. The number of rotatable bonds is 1. The molecule has 0 bridgehead atoms. The number of hydrogen-bond donors (Lipinski definition) is 0. The first kappa shape index (κ1) is 17.3. The largest absolute Gasteiger partial charge is 0.154 e. The molecule has 0 N–H and O–H groups in total. The Kier molecular flexibility index (Phi) is 3.45. The SMILES string of the molecule is CBc1ccc2c(c1)C(C)(C)c1cc3c(cc1-2)C(C)(C)c1cc(Br)ccc1-3. The van der Waals surface area contributed by atoms with E-state index in [1.807, 2.05) is 0 Å². The molecule has 3 aromatic carbocycles. The van der Waals surface area contributed by atoms with E-state index < -0.39 is 0 Å². The van der Waals surface area contributed by atoms with E-state index in [4.69, 9.17) is 0 Å². The van der Waals surface area contributed by atoms with Gasteiger partial charge in [0.2, 0.25) is 0 Å². The average Bonchev–Trinajstić information content (AvgIpc) is 3.00. The van der Waals surface area contributed by atoms with Crippen molar-refractivity contribution in [3.63, 3.8) is 0 Å². The number of hydrogen-bond acceptors (Lipinski definition) is 0. The average molecular weight is 415 g/mol. The van der Waals surface area contributed by atoms with E-state index in [0.29, 0.717) is 0 Å². The van der Waals surface area contributed by atoms with Crippen LogP contribution in [-0.4, -0.2) is 7.28 Å². The molecule has 2 heteroatoms. The molecule has 134 valence electrons. The standard InChI is InChI=1S/C25H24BBr/c1-24(2)20-10-14(26-5)6-8-16(20)18-12-23-19(13-22(18)24)17-9-7-15(27)11-21(17)25(23,3)4/h6-13,26H,1-5H3. The Bertz CT molecular complexity index is 1120. The highest BCUT2D eigenvalue weighted by Crippen LogP contribution is 2.55. The molecule has 0 saturated heterocycles. The molecule has 3 aromatic rings. The topological polar surface area (TPSA) is 0 Å². The molecule has 0 saturated carbocycles. The third-order valence-electron chi connectivity index (χ3n) is 6.91. The minimum absolute atomic E-state index is 0.0275. The Morgan fingerprint density at radius 3 is 1.67 bits per heavy atom. The van der Waals surface area contributed by atoms with Gasteiger partial charge in [0.15, 0.2) is 7.28 Å². The van der Waals surface area contributed by atoms with Crippen LogP contribution < -0.4 is 5.46 Å². The summed E-state index contributed by atoms with van der Waals surface area (Å²) < 4.78 is 1.16. The summed E-state index contributed by atoms with van der Waals surface area (Å²) >= 11 is 3.67. The lowest BCUT2D eigenvalue weighted by Crippen LogP contribution is -2.19. The van der Waals surface area contributed by atoms with Crippen molar-refractivity contribution < 1.29 is 0 Å². The van der Waals surface area contributed by atoms with Gasteiger partial charge in [-0.05, 0) is 68.8 Å². The number of benzene rings is 3. The van der Waals surface area contributed by atoms with Crippen molar-refractivity contribution in [3.05, 3.63) is 75.3 Å². The summed E-state index contributed by atoms with van der Waals surface area (Å²) in [5.74, 6) is 0. The van der Waals surface area contributed by atoms with Crippen LogP contribution in [0.15, 0.2) is 53.0 Å². The summed E-state index contributed by atoms with van der Waals surface area (Å²) in [6.07, 6.45) is 0. The van der Waals surface area contributed by atoms with E-state index >= 15 is 0 Å². The van der Waals surface area contributed by atoms with Crippen molar-refractivity contribution in [1.29, 1.82) is 0 Å². The van der Waals surface area contributed by atoms with Gasteiger partial charge in [0.05, 0.1) is 0 Å². The van der Waals surface area contributed by atoms with Crippen molar-refractivity contribution in [1.82, 2.24) is 0 Å². The van der Waals surface area contributed by atoms with Gasteiger partial charge in [0.1, 0.15) is 0 Å². The molecule has 2 aliphatic rings. The van der Waals surface area contributed by atoms with E-state index in [9.17, 15) is 0 Å². The first-order valence-electron chi connectivity index (χ1n) is 9.88. The van der Waals surface area contributed by atoms with E-state index in [-0.39, 0.29) is 10.8 Å². The quantitative estimate of drug-likeness (QED) is 0.417. The van der Waals surface area contributed by atoms with Crippen LogP contribution >= 0.6 is 15.9 Å². The smallest absolute Gasteiger partial charge is 0.0849 e. The maximum Gasteiger partial charge on any atom is 0.154 e. The maximum atomic E-state index is 3.67. The zero-order chi connectivity index (χ0) is 19.1. The maximum absolute atomic E-state index is 3.67. The van der Waals surface area contributed by atoms with E-state index in [1.165, 1.54) is 50.0 Å². The summed E-state index contributed by atoms with van der Waals surface area (Å²) in [7, 11) is 1.09. The van der Waals surface area contributed by atoms with Crippen LogP contribution in [0.3, 0.4) is 0 Å². The summed E-state index contributed by atoms with van der Waals surface area (Å²) in [5.41, 5.74) is 13.0. The molecular formula is C25H24BBr. The minimum Gasteiger partial charge on any atom is -0.0849 e. The highest BCUT2D eigenvalue weighted by Gasteiger charge is 2.41. The van der Waals surface area contributed by atoms with Gasteiger partial charge in [-0.25, -0.2) is 0 Å². The van der Waals surface area contributed by atoms with E-state index in [2.05, 4.69) is 99.0 Å². The van der Waals surface area contributed by atoms with Gasteiger partial charge >= 0.3 is 0 Å². The third kappa shape index (κ3) is 2.17. The van der Waals surface area contributed by atoms with Gasteiger partial charge in [0, 0.05) is 15.3 Å². The molecule has 2 aliphatic carbocycles. The van der Waals surface area contributed by atoms with Crippen molar-refractivity contribution >= 4 is 28.7 Å². The predicted molar refractivity (Wildman–Crippen MR) is 122 cm³/mol. The number of fused-ring (bicyclic) bond motifs is 6. The summed E-state index contributed by atoms with van der Waals surface area (Å²) in [4.78, 5) is 0. The first-order chi connectivity index (χ1) is 12.7. The molecule has 0 unspecified atom stereocenters. The fourth-order valence-electron chi connectivity index (χ4n) is 5.20. The fraction of sp³-hybridized carbons (Fsp3) is 0.280. The van der Waals surface area contributed by atoms with Gasteiger partial charge in [0.25, 0.3) is 0 Å². The summed E-state index contributed by atoms with van der Waals surface area (Å²) in [6.45, 7) is 11.7. The molecule has 0 amide bonds. The number of halogens is 1. The van der Waals surface area contributed by atoms with E-state index in [1.54, 1.807) is 0 Å². The van der Waals surface area contributed by atoms with Crippen LogP contribution in [0.4, 0.5) is 0 Å². The molecule has 0 radical (unpaired) electrons. The van der Waals surface area contributed by atoms with Crippen molar-refractivity contribution in [2.24, 2.45) is 0 Å². The first-order valence-corrected chi connectivity index (χ1v) is 10.7. The van der Waals surface area contributed by atoms with Crippen molar-refractivity contribution in [3.8, 4) is 22.3 Å². The second-order valence-electron chi connectivity index (χ2n) is 9.12. The molecule has 0 aliphatic heterocycles. The molecule has 0 heterocycles. The summed E-state index contributed by atoms with van der Waals surface area (Å²) in [5, 5.41) is 0. The lowest BCUT2D eigenvalue weighted by atomic mass is 9.71. The Morgan fingerprint density at radius 1 is 0.630 bits per heavy atom. The second kappa shape index (κ2) is 5.38. The molecule has 0 nitrogen and oxygen atoms in total. The molecule has 5 rings (SSSR count). The van der Waals surface area contributed by atoms with Gasteiger partial charge in [-0.15, -0.1) is 0 Å². The van der Waals surface area contributed by atoms with Crippen LogP contribution in [0, 0.1) is 0 Å². The van der Waals surface area contributed by atoms with Crippen LogP contribution in [0.1, 0.15) is 49.9 Å².